The summed E-state index contributed by atoms with van der Waals surface area (Å²) in [6.45, 7) is 2.29. The maximum absolute atomic E-state index is 6.74. The van der Waals surface area contributed by atoms with Gasteiger partial charge in [0.2, 0.25) is 0 Å². The van der Waals surface area contributed by atoms with Gasteiger partial charge in [0.05, 0.1) is 0 Å². The highest BCUT2D eigenvalue weighted by atomic mass is 14.8. The van der Waals surface area contributed by atoms with Gasteiger partial charge in [-0.25, -0.2) is 0 Å². The van der Waals surface area contributed by atoms with Crippen LogP contribution in [0.1, 0.15) is 64.7 Å². The molecule has 0 aromatic rings. The first-order chi connectivity index (χ1) is 7.74. The third kappa shape index (κ3) is 1.54. The first-order valence-electron chi connectivity index (χ1n) is 7.53. The van der Waals surface area contributed by atoms with E-state index in [0.29, 0.717) is 0 Å². The minimum Gasteiger partial charge on any atom is -0.325 e. The van der Waals surface area contributed by atoms with E-state index >= 15 is 0 Å². The molecule has 3 rings (SSSR count). The Kier molecular flexibility index (Phi) is 2.78. The predicted molar refractivity (Wildman–Crippen MR) is 68.1 cm³/mol. The second-order valence-corrected chi connectivity index (χ2v) is 6.76. The van der Waals surface area contributed by atoms with E-state index in [2.05, 4.69) is 6.92 Å². The highest BCUT2D eigenvalue weighted by Crippen LogP contribution is 2.62. The van der Waals surface area contributed by atoms with Gasteiger partial charge in [0.25, 0.3) is 0 Å². The first kappa shape index (κ1) is 11.1. The van der Waals surface area contributed by atoms with Crippen LogP contribution >= 0.6 is 0 Å². The van der Waals surface area contributed by atoms with Gasteiger partial charge in [0.15, 0.2) is 0 Å². The van der Waals surface area contributed by atoms with Crippen LogP contribution in [0.3, 0.4) is 0 Å². The lowest BCUT2D eigenvalue weighted by Crippen LogP contribution is -2.49. The molecule has 0 heterocycles. The Bertz CT molecular complexity index is 262. The molecule has 0 aromatic carbocycles. The summed E-state index contributed by atoms with van der Waals surface area (Å²) in [6.07, 6.45) is 12.8. The first-order valence-corrected chi connectivity index (χ1v) is 7.53. The molecule has 5 unspecified atom stereocenters. The third-order valence-corrected chi connectivity index (χ3v) is 5.93. The summed E-state index contributed by atoms with van der Waals surface area (Å²) < 4.78 is 0. The van der Waals surface area contributed by atoms with E-state index in [0.717, 1.165) is 23.7 Å². The molecule has 0 aromatic heterocycles. The summed E-state index contributed by atoms with van der Waals surface area (Å²) >= 11 is 0. The number of hydrogen-bond acceptors (Lipinski definition) is 1. The Morgan fingerprint density at radius 2 is 2.00 bits per heavy atom. The van der Waals surface area contributed by atoms with Crippen LogP contribution in [-0.2, 0) is 0 Å². The normalized spacial score (nSPS) is 49.9. The van der Waals surface area contributed by atoms with Gasteiger partial charge >= 0.3 is 0 Å². The summed E-state index contributed by atoms with van der Waals surface area (Å²) in [5, 5.41) is 0. The van der Waals surface area contributed by atoms with Crippen molar-refractivity contribution in [2.45, 2.75) is 70.3 Å². The lowest BCUT2D eigenvalue weighted by atomic mass is 9.69. The second-order valence-electron chi connectivity index (χ2n) is 6.76. The van der Waals surface area contributed by atoms with Crippen molar-refractivity contribution in [2.24, 2.45) is 29.4 Å². The molecule has 2 N–H and O–H groups in total. The van der Waals surface area contributed by atoms with Crippen LogP contribution in [0.25, 0.3) is 0 Å². The highest BCUT2D eigenvalue weighted by Gasteiger charge is 2.58. The zero-order valence-electron chi connectivity index (χ0n) is 10.8. The summed E-state index contributed by atoms with van der Waals surface area (Å²) in [6, 6.07) is 0. The number of nitrogens with two attached hydrogens (primary N) is 1. The van der Waals surface area contributed by atoms with Crippen LogP contribution in [0, 0.1) is 23.7 Å². The molecule has 5 atom stereocenters. The smallest absolute Gasteiger partial charge is 0.0188 e. The lowest BCUT2D eigenvalue weighted by Gasteiger charge is -2.40. The van der Waals surface area contributed by atoms with Crippen LogP contribution in [0.5, 0.6) is 0 Å². The van der Waals surface area contributed by atoms with Crippen molar-refractivity contribution < 1.29 is 0 Å². The van der Waals surface area contributed by atoms with Crippen LogP contribution in [0.4, 0.5) is 0 Å². The molecule has 0 saturated heterocycles. The van der Waals surface area contributed by atoms with Gasteiger partial charge in [0, 0.05) is 5.54 Å². The van der Waals surface area contributed by atoms with Gasteiger partial charge in [0.1, 0.15) is 0 Å². The van der Waals surface area contributed by atoms with Gasteiger partial charge in [-0.15, -0.1) is 0 Å². The molecule has 16 heavy (non-hydrogen) atoms. The Morgan fingerprint density at radius 3 is 2.81 bits per heavy atom. The van der Waals surface area contributed by atoms with Gasteiger partial charge in [-0.1, -0.05) is 32.6 Å². The minimum atomic E-state index is 0.255. The topological polar surface area (TPSA) is 26.0 Å². The molecule has 0 amide bonds. The third-order valence-electron chi connectivity index (χ3n) is 5.93. The molecule has 1 nitrogen and oxygen atoms in total. The van der Waals surface area contributed by atoms with Crippen LogP contribution in [0.15, 0.2) is 0 Å². The molecule has 92 valence electrons. The molecule has 0 spiro atoms. The van der Waals surface area contributed by atoms with Crippen LogP contribution in [0.2, 0.25) is 0 Å². The van der Waals surface area contributed by atoms with Crippen molar-refractivity contribution in [3.05, 3.63) is 0 Å². The van der Waals surface area contributed by atoms with Gasteiger partial charge in [-0.05, 0) is 55.8 Å². The largest absolute Gasteiger partial charge is 0.325 e. The molecule has 3 aliphatic carbocycles. The lowest BCUT2D eigenvalue weighted by molar-refractivity contribution is 0.145. The van der Waals surface area contributed by atoms with Crippen molar-refractivity contribution in [1.29, 1.82) is 0 Å². The predicted octanol–water partition coefficient (Wildman–Crippen LogP) is 3.72. The van der Waals surface area contributed by atoms with Gasteiger partial charge in [-0.3, -0.25) is 0 Å². The standard InChI is InChI=1S/C15H27N/c1-2-3-4-8-15(16)10-11-9-14(15)13-7-5-6-12(11)13/h11-14H,2-10,16H2,1H3. The number of rotatable bonds is 4. The fourth-order valence-corrected chi connectivity index (χ4v) is 5.30. The summed E-state index contributed by atoms with van der Waals surface area (Å²) in [7, 11) is 0. The monoisotopic (exact) mass is 221 g/mol. The van der Waals surface area contributed by atoms with E-state index in [9.17, 15) is 0 Å². The number of hydrogen-bond donors (Lipinski definition) is 1. The molecule has 3 fully saturated rings. The molecule has 3 saturated carbocycles. The molecular formula is C15H27N. The fourth-order valence-electron chi connectivity index (χ4n) is 5.30. The SMILES string of the molecule is CCCCCC1(N)CC2CC1C1CCCC21. The average molecular weight is 221 g/mol. The van der Waals surface area contributed by atoms with Crippen LogP contribution < -0.4 is 5.73 Å². The van der Waals surface area contributed by atoms with Crippen molar-refractivity contribution >= 4 is 0 Å². The Labute approximate surface area is 100 Å². The number of unbranched alkanes of at least 4 members (excludes halogenated alkanes) is 2. The van der Waals surface area contributed by atoms with Crippen LogP contribution in [-0.4, -0.2) is 5.54 Å². The molecule has 1 heteroatoms. The van der Waals surface area contributed by atoms with Crippen molar-refractivity contribution in [1.82, 2.24) is 0 Å². The zero-order chi connectivity index (χ0) is 11.2. The Balaban J connectivity index is 1.66. The van der Waals surface area contributed by atoms with E-state index in [1.807, 2.05) is 0 Å². The highest BCUT2D eigenvalue weighted by molar-refractivity contribution is 5.12. The molecule has 3 aliphatic rings. The maximum atomic E-state index is 6.74. The van der Waals surface area contributed by atoms with E-state index < -0.39 is 0 Å². The second kappa shape index (κ2) is 4.01. The summed E-state index contributed by atoms with van der Waals surface area (Å²) in [5.74, 6) is 4.05. The Morgan fingerprint density at radius 1 is 1.19 bits per heavy atom. The average Bonchev–Trinajstić information content (AvgIpc) is 2.87. The van der Waals surface area contributed by atoms with E-state index in [1.165, 1.54) is 57.8 Å². The van der Waals surface area contributed by atoms with Crippen molar-refractivity contribution in [2.75, 3.05) is 0 Å². The zero-order valence-corrected chi connectivity index (χ0v) is 10.8. The van der Waals surface area contributed by atoms with E-state index in [-0.39, 0.29) is 5.54 Å². The molecular weight excluding hydrogens is 194 g/mol. The number of fused-ring (bicyclic) bond motifs is 5. The van der Waals surface area contributed by atoms with E-state index in [4.69, 9.17) is 5.73 Å². The molecule has 0 radical (unpaired) electrons. The fraction of sp³-hybridized carbons (Fsp3) is 1.00. The quantitative estimate of drug-likeness (QED) is 0.719. The Hall–Kier alpha value is -0.0400. The van der Waals surface area contributed by atoms with Crippen molar-refractivity contribution in [3.63, 3.8) is 0 Å². The van der Waals surface area contributed by atoms with E-state index in [1.54, 1.807) is 0 Å². The maximum Gasteiger partial charge on any atom is 0.0188 e. The van der Waals surface area contributed by atoms with Gasteiger partial charge in [-0.2, -0.15) is 0 Å². The molecule has 0 aliphatic heterocycles. The summed E-state index contributed by atoms with van der Waals surface area (Å²) in [5.41, 5.74) is 7.00. The van der Waals surface area contributed by atoms with Gasteiger partial charge < -0.3 is 5.73 Å². The molecule has 2 bridgehead atoms. The summed E-state index contributed by atoms with van der Waals surface area (Å²) in [4.78, 5) is 0. The van der Waals surface area contributed by atoms with Crippen molar-refractivity contribution in [3.8, 4) is 0 Å². The minimum absolute atomic E-state index is 0.255.